The number of nitrogens with one attached hydrogen (secondary N) is 3. The quantitative estimate of drug-likeness (QED) is 0.754. The molecule has 7 heteroatoms. The fraction of sp³-hybridized carbons (Fsp3) is 0.273. The highest BCUT2D eigenvalue weighted by atomic mass is 79.9. The molecule has 0 aromatic carbocycles. The highest BCUT2D eigenvalue weighted by molar-refractivity contribution is 9.10. The fourth-order valence-corrected chi connectivity index (χ4v) is 3.85. The molecule has 0 radical (unpaired) electrons. The van der Waals surface area contributed by atoms with Gasteiger partial charge in [0.2, 0.25) is 0 Å². The van der Waals surface area contributed by atoms with E-state index in [2.05, 4.69) is 36.8 Å². The Labute approximate surface area is 116 Å². The molecule has 2 aromatic heterocycles. The Morgan fingerprint density at radius 2 is 2.11 bits per heavy atom. The second-order valence-electron chi connectivity index (χ2n) is 4.64. The second kappa shape index (κ2) is 3.83. The molecular weight excluding hydrogens is 316 g/mol. The molecule has 0 aliphatic carbocycles. The molecule has 1 amide bonds. The van der Waals surface area contributed by atoms with Crippen LogP contribution in [0.2, 0.25) is 0 Å². The average Bonchev–Trinajstić information content (AvgIpc) is 2.86. The summed E-state index contributed by atoms with van der Waals surface area (Å²) in [4.78, 5) is 13.7. The van der Waals surface area contributed by atoms with Gasteiger partial charge in [-0.15, -0.1) is 11.3 Å². The van der Waals surface area contributed by atoms with Gasteiger partial charge in [-0.1, -0.05) is 0 Å². The first-order valence-electron chi connectivity index (χ1n) is 5.40. The number of fused-ring (bicyclic) bond motifs is 1. The van der Waals surface area contributed by atoms with E-state index in [1.54, 1.807) is 6.20 Å². The van der Waals surface area contributed by atoms with Crippen LogP contribution in [0, 0.1) is 0 Å². The van der Waals surface area contributed by atoms with Crippen molar-refractivity contribution in [3.63, 3.8) is 0 Å². The Morgan fingerprint density at radius 1 is 1.33 bits per heavy atom. The topological polar surface area (TPSA) is 69.8 Å². The summed E-state index contributed by atoms with van der Waals surface area (Å²) in [5.74, 6) is -0.0470. The van der Waals surface area contributed by atoms with E-state index >= 15 is 0 Å². The van der Waals surface area contributed by atoms with Crippen molar-refractivity contribution in [2.75, 3.05) is 5.32 Å². The number of aromatic amines is 1. The molecule has 18 heavy (non-hydrogen) atoms. The molecule has 0 spiro atoms. The number of rotatable bonds is 1. The largest absolute Gasteiger partial charge is 0.361 e. The molecule has 2 aromatic rings. The summed E-state index contributed by atoms with van der Waals surface area (Å²) in [6.45, 7) is 3.85. The molecule has 0 fully saturated rings. The van der Waals surface area contributed by atoms with Crippen molar-refractivity contribution in [3.8, 4) is 10.4 Å². The van der Waals surface area contributed by atoms with E-state index in [0.29, 0.717) is 4.88 Å². The van der Waals surface area contributed by atoms with Crippen LogP contribution < -0.4 is 10.6 Å². The smallest absolute Gasteiger partial charge is 0.265 e. The summed E-state index contributed by atoms with van der Waals surface area (Å²) < 4.78 is 0.909. The van der Waals surface area contributed by atoms with Crippen molar-refractivity contribution in [1.82, 2.24) is 15.5 Å². The van der Waals surface area contributed by atoms with Crippen LogP contribution in [0.25, 0.3) is 10.4 Å². The molecule has 0 saturated heterocycles. The maximum Gasteiger partial charge on any atom is 0.265 e. The van der Waals surface area contributed by atoms with E-state index in [4.69, 9.17) is 0 Å². The lowest BCUT2D eigenvalue weighted by Crippen LogP contribution is -2.52. The highest BCUT2D eigenvalue weighted by Crippen LogP contribution is 2.45. The van der Waals surface area contributed by atoms with E-state index in [1.807, 2.05) is 20.0 Å². The van der Waals surface area contributed by atoms with E-state index in [-0.39, 0.29) is 5.91 Å². The van der Waals surface area contributed by atoms with Gasteiger partial charge in [0.25, 0.3) is 5.91 Å². The van der Waals surface area contributed by atoms with Gasteiger partial charge in [-0.2, -0.15) is 5.10 Å². The zero-order valence-electron chi connectivity index (χ0n) is 9.80. The molecule has 5 nitrogen and oxygen atoms in total. The Bertz CT molecular complexity index is 617. The maximum atomic E-state index is 12.1. The van der Waals surface area contributed by atoms with E-state index in [0.717, 1.165) is 20.6 Å². The van der Waals surface area contributed by atoms with E-state index in [9.17, 15) is 4.79 Å². The molecule has 1 aliphatic heterocycles. The molecule has 0 atom stereocenters. The number of anilines is 1. The van der Waals surface area contributed by atoms with Crippen LogP contribution in [0.15, 0.2) is 16.9 Å². The van der Waals surface area contributed by atoms with Crippen molar-refractivity contribution < 1.29 is 4.79 Å². The predicted molar refractivity (Wildman–Crippen MR) is 74.8 cm³/mol. The van der Waals surface area contributed by atoms with Gasteiger partial charge in [0.1, 0.15) is 10.5 Å². The summed E-state index contributed by atoms with van der Waals surface area (Å²) >= 11 is 5.01. The van der Waals surface area contributed by atoms with Crippen LogP contribution in [-0.2, 0) is 0 Å². The standard InChI is InChI=1S/C11H11BrN4OS/c1-11(2)15-7-6(12)8(5-3-13-14-4-5)18-9(7)10(17)16-11/h3-4,15H,1-2H3,(H,13,14)(H,16,17). The number of nitrogens with zero attached hydrogens (tertiary/aromatic N) is 1. The number of halogens is 1. The Balaban J connectivity index is 2.16. The van der Waals surface area contributed by atoms with Crippen LogP contribution in [0.5, 0.6) is 0 Å². The number of hydrogen-bond donors (Lipinski definition) is 3. The van der Waals surface area contributed by atoms with Crippen LogP contribution in [0.1, 0.15) is 23.5 Å². The number of carbonyl (C=O) groups excluding carboxylic acids is 1. The third-order valence-electron chi connectivity index (χ3n) is 2.68. The van der Waals surface area contributed by atoms with Crippen molar-refractivity contribution in [2.45, 2.75) is 19.5 Å². The van der Waals surface area contributed by atoms with Gasteiger partial charge < -0.3 is 10.6 Å². The third kappa shape index (κ3) is 1.74. The maximum absolute atomic E-state index is 12.1. The molecule has 0 unspecified atom stereocenters. The Hall–Kier alpha value is -1.34. The lowest BCUT2D eigenvalue weighted by Gasteiger charge is -2.33. The number of H-pyrrole nitrogens is 1. The number of amides is 1. The van der Waals surface area contributed by atoms with Crippen molar-refractivity contribution >= 4 is 38.9 Å². The first-order chi connectivity index (χ1) is 8.48. The predicted octanol–water partition coefficient (Wildman–Crippen LogP) is 2.79. The SMILES string of the molecule is CC1(C)NC(=O)c2sc(-c3cn[nH]c3)c(Br)c2N1. The minimum Gasteiger partial charge on any atom is -0.361 e. The number of thiophene rings is 1. The highest BCUT2D eigenvalue weighted by Gasteiger charge is 2.33. The van der Waals surface area contributed by atoms with Gasteiger partial charge in [-0.3, -0.25) is 9.89 Å². The first-order valence-corrected chi connectivity index (χ1v) is 7.01. The van der Waals surface area contributed by atoms with Crippen LogP contribution in [-0.4, -0.2) is 21.8 Å². The Morgan fingerprint density at radius 3 is 2.78 bits per heavy atom. The molecule has 3 heterocycles. The summed E-state index contributed by atoms with van der Waals surface area (Å²) in [6.07, 6.45) is 3.55. The van der Waals surface area contributed by atoms with Gasteiger partial charge in [0.05, 0.1) is 21.2 Å². The van der Waals surface area contributed by atoms with Crippen molar-refractivity contribution in [2.24, 2.45) is 0 Å². The minimum absolute atomic E-state index is 0.0470. The second-order valence-corrected chi connectivity index (χ2v) is 6.45. The molecular formula is C11H11BrN4OS. The monoisotopic (exact) mass is 326 g/mol. The van der Waals surface area contributed by atoms with Gasteiger partial charge in [0.15, 0.2) is 0 Å². The molecule has 1 aliphatic rings. The number of carbonyl (C=O) groups is 1. The van der Waals surface area contributed by atoms with Gasteiger partial charge in [0, 0.05) is 11.8 Å². The van der Waals surface area contributed by atoms with Crippen molar-refractivity contribution in [1.29, 1.82) is 0 Å². The molecule has 3 rings (SSSR count). The van der Waals surface area contributed by atoms with Crippen LogP contribution in [0.4, 0.5) is 5.69 Å². The lowest BCUT2D eigenvalue weighted by molar-refractivity contribution is 0.0918. The fourth-order valence-electron chi connectivity index (χ4n) is 1.93. The molecule has 94 valence electrons. The van der Waals surface area contributed by atoms with Gasteiger partial charge in [-0.25, -0.2) is 0 Å². The molecule has 0 saturated carbocycles. The number of hydrogen-bond acceptors (Lipinski definition) is 4. The van der Waals surface area contributed by atoms with Crippen LogP contribution in [0.3, 0.4) is 0 Å². The zero-order chi connectivity index (χ0) is 12.9. The normalized spacial score (nSPS) is 16.9. The third-order valence-corrected chi connectivity index (χ3v) is 4.97. The summed E-state index contributed by atoms with van der Waals surface area (Å²) in [5.41, 5.74) is 1.38. The zero-order valence-corrected chi connectivity index (χ0v) is 12.2. The minimum atomic E-state index is -0.443. The Kier molecular flexibility index (Phi) is 2.49. The van der Waals surface area contributed by atoms with E-state index in [1.165, 1.54) is 11.3 Å². The summed E-state index contributed by atoms with van der Waals surface area (Å²) in [7, 11) is 0. The lowest BCUT2D eigenvalue weighted by atomic mass is 10.1. The number of aromatic nitrogens is 2. The first kappa shape index (κ1) is 11.7. The average molecular weight is 327 g/mol. The van der Waals surface area contributed by atoms with Crippen molar-refractivity contribution in [3.05, 3.63) is 21.7 Å². The summed E-state index contributed by atoms with van der Waals surface area (Å²) in [6, 6.07) is 0. The molecule has 0 bridgehead atoms. The summed E-state index contributed by atoms with van der Waals surface area (Å²) in [5, 5.41) is 12.9. The van der Waals surface area contributed by atoms with Crippen LogP contribution >= 0.6 is 27.3 Å². The van der Waals surface area contributed by atoms with Gasteiger partial charge >= 0.3 is 0 Å². The molecule has 3 N–H and O–H groups in total. The van der Waals surface area contributed by atoms with E-state index < -0.39 is 5.66 Å². The van der Waals surface area contributed by atoms with Gasteiger partial charge in [-0.05, 0) is 29.8 Å².